The van der Waals surface area contributed by atoms with Crippen LogP contribution < -0.4 is 27.0 Å². The Morgan fingerprint density at radius 1 is 1.11 bits per heavy atom. The number of aliphatic carboxylic acids is 1. The van der Waals surface area contributed by atoms with E-state index in [9.17, 15) is 33.9 Å². The third kappa shape index (κ3) is 6.81. The molecular weight excluding hydrogens is 382 g/mol. The number of hydrogen-bond donors (Lipinski definition) is 7. The Labute approximate surface area is 158 Å². The molecule has 1 saturated heterocycles. The largest absolute Gasteiger partial charge is 0.480 e. The van der Waals surface area contributed by atoms with E-state index < -0.39 is 73.1 Å². The maximum atomic E-state index is 12.2. The Morgan fingerprint density at radius 3 is 2.11 bits per heavy atom. The summed E-state index contributed by atoms with van der Waals surface area (Å²) >= 11 is 0. The van der Waals surface area contributed by atoms with Crippen LogP contribution >= 0.6 is 0 Å². The SMILES string of the molecule is C[C@H](N)C(=O)N[C@@H](CCO)C(=O)N[C@@H](CC(=O)OC1NC(=O)C(=O)N1)C(=O)O. The first-order valence-electron chi connectivity index (χ1n) is 8.06. The van der Waals surface area contributed by atoms with Crippen molar-refractivity contribution in [3.8, 4) is 0 Å². The molecule has 0 saturated carbocycles. The summed E-state index contributed by atoms with van der Waals surface area (Å²) in [5.41, 5.74) is 5.37. The topological polar surface area (TPSA) is 226 Å². The van der Waals surface area contributed by atoms with Crippen LogP contribution in [-0.4, -0.2) is 76.9 Å². The van der Waals surface area contributed by atoms with Gasteiger partial charge in [-0.2, -0.15) is 0 Å². The normalized spacial score (nSPS) is 17.0. The molecule has 8 N–H and O–H groups in total. The van der Waals surface area contributed by atoms with Gasteiger partial charge in [0.15, 0.2) is 0 Å². The molecule has 0 spiro atoms. The van der Waals surface area contributed by atoms with E-state index in [2.05, 4.69) is 10.1 Å². The van der Waals surface area contributed by atoms with Gasteiger partial charge in [0.05, 0.1) is 12.5 Å². The van der Waals surface area contributed by atoms with Crippen molar-refractivity contribution in [1.82, 2.24) is 21.3 Å². The minimum Gasteiger partial charge on any atom is -0.480 e. The average Bonchev–Trinajstić information content (AvgIpc) is 2.90. The Hall–Kier alpha value is -3.26. The highest BCUT2D eigenvalue weighted by molar-refractivity contribution is 6.36. The fourth-order valence-corrected chi connectivity index (χ4v) is 1.98. The van der Waals surface area contributed by atoms with E-state index in [0.717, 1.165) is 0 Å². The summed E-state index contributed by atoms with van der Waals surface area (Å²) in [6.45, 7) is 0.873. The molecule has 0 aromatic rings. The van der Waals surface area contributed by atoms with Crippen LogP contribution in [0.5, 0.6) is 0 Å². The second-order valence-electron chi connectivity index (χ2n) is 5.78. The molecular formula is C14H21N5O9. The van der Waals surface area contributed by atoms with E-state index >= 15 is 0 Å². The first-order chi connectivity index (χ1) is 13.0. The van der Waals surface area contributed by atoms with Crippen molar-refractivity contribution in [2.45, 2.75) is 44.2 Å². The van der Waals surface area contributed by atoms with Gasteiger partial charge in [-0.1, -0.05) is 0 Å². The van der Waals surface area contributed by atoms with Crippen molar-refractivity contribution in [3.63, 3.8) is 0 Å². The molecule has 3 atom stereocenters. The summed E-state index contributed by atoms with van der Waals surface area (Å²) in [6, 6.07) is -3.97. The minimum absolute atomic E-state index is 0.221. The molecule has 0 aliphatic carbocycles. The number of ether oxygens (including phenoxy) is 1. The zero-order valence-electron chi connectivity index (χ0n) is 14.8. The molecule has 0 aromatic heterocycles. The van der Waals surface area contributed by atoms with Gasteiger partial charge in [0.25, 0.3) is 6.35 Å². The molecule has 1 fully saturated rings. The third-order valence-electron chi connectivity index (χ3n) is 3.43. The molecule has 0 unspecified atom stereocenters. The molecule has 1 aliphatic rings. The van der Waals surface area contributed by atoms with Gasteiger partial charge >= 0.3 is 23.8 Å². The second kappa shape index (κ2) is 10.2. The van der Waals surface area contributed by atoms with Gasteiger partial charge in [-0.3, -0.25) is 34.6 Å². The lowest BCUT2D eigenvalue weighted by atomic mass is 10.1. The monoisotopic (exact) mass is 403 g/mol. The highest BCUT2D eigenvalue weighted by Crippen LogP contribution is 2.02. The highest BCUT2D eigenvalue weighted by Gasteiger charge is 2.33. The van der Waals surface area contributed by atoms with Gasteiger partial charge in [-0.15, -0.1) is 0 Å². The van der Waals surface area contributed by atoms with Crippen LogP contribution in [0.3, 0.4) is 0 Å². The van der Waals surface area contributed by atoms with E-state index in [-0.39, 0.29) is 6.42 Å². The van der Waals surface area contributed by atoms with Gasteiger partial charge in [-0.25, -0.2) is 4.79 Å². The summed E-state index contributed by atoms with van der Waals surface area (Å²) in [6.07, 6.45) is -2.51. The van der Waals surface area contributed by atoms with Gasteiger partial charge in [-0.05, 0) is 13.3 Å². The Balaban J connectivity index is 2.68. The van der Waals surface area contributed by atoms with Crippen molar-refractivity contribution in [1.29, 1.82) is 0 Å². The van der Waals surface area contributed by atoms with Crippen molar-refractivity contribution in [3.05, 3.63) is 0 Å². The Morgan fingerprint density at radius 2 is 1.64 bits per heavy atom. The molecule has 1 aliphatic heterocycles. The van der Waals surface area contributed by atoms with Gasteiger partial charge < -0.3 is 31.3 Å². The fourth-order valence-electron chi connectivity index (χ4n) is 1.98. The fraction of sp³-hybridized carbons (Fsp3) is 0.571. The van der Waals surface area contributed by atoms with E-state index in [1.165, 1.54) is 6.92 Å². The predicted octanol–water partition coefficient (Wildman–Crippen LogP) is -4.77. The smallest absolute Gasteiger partial charge is 0.326 e. The summed E-state index contributed by atoms with van der Waals surface area (Å²) in [5, 5.41) is 26.4. The van der Waals surface area contributed by atoms with Crippen LogP contribution in [0.2, 0.25) is 0 Å². The number of amides is 4. The molecule has 14 nitrogen and oxygen atoms in total. The number of esters is 1. The number of carboxylic acid groups (broad SMARTS) is 1. The predicted molar refractivity (Wildman–Crippen MR) is 87.6 cm³/mol. The minimum atomic E-state index is -1.73. The number of aliphatic hydroxyl groups excluding tert-OH is 1. The molecule has 0 aromatic carbocycles. The van der Waals surface area contributed by atoms with E-state index in [0.29, 0.717) is 0 Å². The molecule has 14 heteroatoms. The number of carbonyl (C=O) groups is 6. The van der Waals surface area contributed by atoms with Crippen LogP contribution in [-0.2, 0) is 33.5 Å². The lowest BCUT2D eigenvalue weighted by Crippen LogP contribution is -2.54. The third-order valence-corrected chi connectivity index (χ3v) is 3.43. The number of carbonyl (C=O) groups excluding carboxylic acids is 5. The summed E-state index contributed by atoms with van der Waals surface area (Å²) in [4.78, 5) is 68.9. The maximum absolute atomic E-state index is 12.2. The van der Waals surface area contributed by atoms with Crippen molar-refractivity contribution in [2.24, 2.45) is 5.73 Å². The molecule has 0 bridgehead atoms. The number of carboxylic acids is 1. The molecule has 1 heterocycles. The summed E-state index contributed by atoms with van der Waals surface area (Å²) < 4.78 is 4.67. The lowest BCUT2D eigenvalue weighted by Gasteiger charge is -2.21. The number of nitrogens with one attached hydrogen (secondary N) is 4. The quantitative estimate of drug-likeness (QED) is 0.136. The van der Waals surface area contributed by atoms with Crippen LogP contribution in [0.1, 0.15) is 19.8 Å². The number of aliphatic hydroxyl groups is 1. The number of rotatable bonds is 10. The first kappa shape index (κ1) is 22.8. The average molecular weight is 403 g/mol. The summed E-state index contributed by atoms with van der Waals surface area (Å²) in [5.74, 6) is -6.45. The van der Waals surface area contributed by atoms with Crippen LogP contribution in [0.25, 0.3) is 0 Å². The Bertz CT molecular complexity index is 650. The first-order valence-corrected chi connectivity index (χ1v) is 8.06. The molecule has 4 amide bonds. The standard InChI is InChI=1S/C14H21N5O9/c1-5(15)9(22)16-6(2-3-20)10(23)17-7(13(26)27)4-8(21)28-14-18-11(24)12(25)19-14/h5-7,14,20H,2-4,15H2,1H3,(H,16,22)(H,17,23)(H,18,24)(H,19,25)(H,26,27)/t5-,6-,7-/m0/s1. The maximum Gasteiger partial charge on any atom is 0.326 e. The van der Waals surface area contributed by atoms with Crippen LogP contribution in [0.4, 0.5) is 0 Å². The molecule has 1 rings (SSSR count). The zero-order valence-corrected chi connectivity index (χ0v) is 14.8. The van der Waals surface area contributed by atoms with Gasteiger partial charge in [0.1, 0.15) is 12.1 Å². The zero-order chi connectivity index (χ0) is 21.4. The summed E-state index contributed by atoms with van der Waals surface area (Å²) in [7, 11) is 0. The lowest BCUT2D eigenvalue weighted by molar-refractivity contribution is -0.156. The molecule has 156 valence electrons. The Kier molecular flexibility index (Phi) is 8.28. The van der Waals surface area contributed by atoms with Crippen molar-refractivity contribution >= 4 is 35.6 Å². The van der Waals surface area contributed by atoms with Crippen molar-refractivity contribution < 1.29 is 43.7 Å². The van der Waals surface area contributed by atoms with E-state index in [1.807, 2.05) is 16.0 Å². The van der Waals surface area contributed by atoms with Crippen LogP contribution in [0, 0.1) is 0 Å². The van der Waals surface area contributed by atoms with Crippen LogP contribution in [0.15, 0.2) is 0 Å². The van der Waals surface area contributed by atoms with Crippen molar-refractivity contribution in [2.75, 3.05) is 6.61 Å². The van der Waals surface area contributed by atoms with E-state index in [4.69, 9.17) is 10.8 Å². The second-order valence-corrected chi connectivity index (χ2v) is 5.78. The van der Waals surface area contributed by atoms with Gasteiger partial charge in [0.2, 0.25) is 11.8 Å². The van der Waals surface area contributed by atoms with E-state index in [1.54, 1.807) is 0 Å². The highest BCUT2D eigenvalue weighted by atomic mass is 16.6. The molecule has 28 heavy (non-hydrogen) atoms. The number of nitrogens with two attached hydrogens (primary N) is 1. The molecule has 0 radical (unpaired) electrons. The number of hydrogen-bond acceptors (Lipinski definition) is 9. The van der Waals surface area contributed by atoms with Gasteiger partial charge in [0, 0.05) is 6.61 Å².